The van der Waals surface area contributed by atoms with Crippen molar-refractivity contribution in [2.45, 2.75) is 6.92 Å². The number of amides is 2. The number of para-hydroxylation sites is 1. The number of likely N-dealkylation sites (N-methyl/N-ethyl adjacent to an activating group) is 1. The fourth-order valence-corrected chi connectivity index (χ4v) is 3.33. The second-order valence-electron chi connectivity index (χ2n) is 6.32. The van der Waals surface area contributed by atoms with E-state index in [1.54, 1.807) is 32.2 Å². The van der Waals surface area contributed by atoms with E-state index in [4.69, 9.17) is 23.2 Å². The molecule has 0 spiro atoms. The number of hydrogen-bond acceptors (Lipinski definition) is 4. The van der Waals surface area contributed by atoms with Crippen molar-refractivity contribution in [1.29, 1.82) is 0 Å². The van der Waals surface area contributed by atoms with Crippen LogP contribution in [-0.2, 0) is 11.8 Å². The molecular weight excluding hydrogens is 405 g/mol. The number of carbonyl (C=O) groups excluding carboxylic acids is 2. The van der Waals surface area contributed by atoms with Crippen LogP contribution in [0.15, 0.2) is 29.1 Å². The number of fused-ring (bicyclic) bond motifs is 1. The van der Waals surface area contributed by atoms with Crippen molar-refractivity contribution in [3.63, 3.8) is 0 Å². The fourth-order valence-electron chi connectivity index (χ4n) is 2.84. The maximum Gasteiger partial charge on any atom is 0.274 e. The van der Waals surface area contributed by atoms with Crippen molar-refractivity contribution in [2.24, 2.45) is 7.05 Å². The molecule has 0 atom stereocenters. The molecule has 0 fully saturated rings. The number of nitrogens with one attached hydrogen (secondary N) is 2. The van der Waals surface area contributed by atoms with Gasteiger partial charge in [-0.25, -0.2) is 4.98 Å². The summed E-state index contributed by atoms with van der Waals surface area (Å²) in [4.78, 5) is 43.0. The van der Waals surface area contributed by atoms with Crippen LogP contribution in [-0.4, -0.2) is 45.1 Å². The number of pyridine rings is 1. The molecule has 1 aromatic carbocycles. The highest BCUT2D eigenvalue weighted by Gasteiger charge is 2.22. The Balaban J connectivity index is 1.85. The third-order valence-electron chi connectivity index (χ3n) is 4.13. The normalized spacial score (nSPS) is 10.9. The number of aromatic amines is 1. The number of benzene rings is 1. The summed E-state index contributed by atoms with van der Waals surface area (Å²) in [6.45, 7) is 1.47. The monoisotopic (exact) mass is 421 g/mol. The van der Waals surface area contributed by atoms with E-state index in [0.29, 0.717) is 11.3 Å². The number of halogens is 2. The van der Waals surface area contributed by atoms with Gasteiger partial charge in [0.1, 0.15) is 0 Å². The first-order valence-corrected chi connectivity index (χ1v) is 9.00. The Morgan fingerprint density at radius 2 is 1.93 bits per heavy atom. The molecule has 10 heteroatoms. The van der Waals surface area contributed by atoms with E-state index < -0.39 is 17.4 Å². The third-order valence-corrected chi connectivity index (χ3v) is 4.76. The van der Waals surface area contributed by atoms with Gasteiger partial charge in [-0.15, -0.1) is 0 Å². The molecule has 0 saturated heterocycles. The van der Waals surface area contributed by atoms with Crippen molar-refractivity contribution in [3.8, 4) is 0 Å². The molecule has 0 bridgehead atoms. The lowest BCUT2D eigenvalue weighted by Gasteiger charge is -2.18. The van der Waals surface area contributed by atoms with Gasteiger partial charge in [0.05, 0.1) is 33.2 Å². The molecule has 146 valence electrons. The molecule has 3 aromatic rings. The lowest BCUT2D eigenvalue weighted by atomic mass is 10.1. The predicted molar refractivity (Wildman–Crippen MR) is 108 cm³/mol. The molecule has 0 radical (unpaired) electrons. The molecule has 0 unspecified atom stereocenters. The predicted octanol–water partition coefficient (Wildman–Crippen LogP) is 2.59. The smallest absolute Gasteiger partial charge is 0.274 e. The molecular formula is C18H17Cl2N5O3. The van der Waals surface area contributed by atoms with Crippen LogP contribution in [0, 0.1) is 6.92 Å². The minimum Gasteiger partial charge on any atom is -0.332 e. The number of aromatic nitrogens is 3. The van der Waals surface area contributed by atoms with Crippen LogP contribution in [0.3, 0.4) is 0 Å². The van der Waals surface area contributed by atoms with Crippen LogP contribution in [0.1, 0.15) is 16.1 Å². The van der Waals surface area contributed by atoms with Gasteiger partial charge in [0.25, 0.3) is 11.5 Å². The van der Waals surface area contributed by atoms with Gasteiger partial charge in [0.15, 0.2) is 5.65 Å². The second-order valence-corrected chi connectivity index (χ2v) is 7.13. The number of aryl methyl sites for hydroxylation is 2. The van der Waals surface area contributed by atoms with E-state index in [-0.39, 0.29) is 33.2 Å². The van der Waals surface area contributed by atoms with Crippen molar-refractivity contribution in [1.82, 2.24) is 19.7 Å². The Kier molecular flexibility index (Phi) is 5.44. The topological polar surface area (TPSA) is 100 Å². The molecule has 0 aliphatic heterocycles. The molecule has 2 aromatic heterocycles. The molecule has 3 rings (SSSR count). The Bertz CT molecular complexity index is 1130. The average Bonchev–Trinajstić information content (AvgIpc) is 2.90. The zero-order valence-corrected chi connectivity index (χ0v) is 16.9. The number of nitrogens with zero attached hydrogens (tertiary/aromatic N) is 3. The first-order chi connectivity index (χ1) is 13.2. The van der Waals surface area contributed by atoms with E-state index in [2.05, 4.69) is 15.4 Å². The molecule has 2 N–H and O–H groups in total. The minimum atomic E-state index is -0.479. The Hall–Kier alpha value is -2.84. The Morgan fingerprint density at radius 3 is 2.57 bits per heavy atom. The van der Waals surface area contributed by atoms with Gasteiger partial charge in [-0.05, 0) is 25.1 Å². The standard InChI is InChI=1S/C18H17Cl2N5O3/c1-9-7-10(14-16(21-9)25(3)23-17(14)27)18(28)24(2)8-13(26)22-15-11(19)5-4-6-12(15)20/h4-7H,8H2,1-3H3,(H,22,26)(H,23,27). The lowest BCUT2D eigenvalue weighted by Crippen LogP contribution is -2.35. The molecule has 0 aliphatic rings. The van der Waals surface area contributed by atoms with Crippen LogP contribution < -0.4 is 10.9 Å². The molecule has 2 heterocycles. The first kappa shape index (κ1) is 19.9. The van der Waals surface area contributed by atoms with Gasteiger partial charge in [-0.2, -0.15) is 0 Å². The molecule has 2 amide bonds. The zero-order chi connectivity index (χ0) is 20.6. The van der Waals surface area contributed by atoms with E-state index in [1.165, 1.54) is 22.7 Å². The summed E-state index contributed by atoms with van der Waals surface area (Å²) in [6.07, 6.45) is 0. The maximum atomic E-state index is 12.9. The lowest BCUT2D eigenvalue weighted by molar-refractivity contribution is -0.116. The van der Waals surface area contributed by atoms with Gasteiger partial charge in [0, 0.05) is 19.8 Å². The molecule has 0 saturated carbocycles. The van der Waals surface area contributed by atoms with Crippen molar-refractivity contribution in [2.75, 3.05) is 18.9 Å². The second kappa shape index (κ2) is 7.65. The molecule has 28 heavy (non-hydrogen) atoms. The van der Waals surface area contributed by atoms with Crippen LogP contribution in [0.25, 0.3) is 11.0 Å². The van der Waals surface area contributed by atoms with Crippen molar-refractivity contribution in [3.05, 3.63) is 55.9 Å². The number of H-pyrrole nitrogens is 1. The Morgan fingerprint density at radius 1 is 1.29 bits per heavy atom. The highest BCUT2D eigenvalue weighted by Crippen LogP contribution is 2.29. The van der Waals surface area contributed by atoms with Crippen LogP contribution in [0.2, 0.25) is 10.0 Å². The molecule has 8 nitrogen and oxygen atoms in total. The van der Waals surface area contributed by atoms with Gasteiger partial charge < -0.3 is 10.2 Å². The molecule has 0 aliphatic carbocycles. The summed E-state index contributed by atoms with van der Waals surface area (Å²) in [5, 5.41) is 5.94. The summed E-state index contributed by atoms with van der Waals surface area (Å²) in [5.74, 6) is -0.956. The van der Waals surface area contributed by atoms with Gasteiger partial charge >= 0.3 is 0 Å². The van der Waals surface area contributed by atoms with E-state index in [9.17, 15) is 14.4 Å². The number of carbonyl (C=O) groups is 2. The van der Waals surface area contributed by atoms with Crippen molar-refractivity contribution < 1.29 is 9.59 Å². The highest BCUT2D eigenvalue weighted by molar-refractivity contribution is 6.39. The summed E-state index contributed by atoms with van der Waals surface area (Å²) in [5.41, 5.74) is 0.975. The van der Waals surface area contributed by atoms with Crippen molar-refractivity contribution >= 4 is 51.7 Å². The number of hydrogen-bond donors (Lipinski definition) is 2. The Labute approximate surface area is 170 Å². The van der Waals surface area contributed by atoms with E-state index >= 15 is 0 Å². The van der Waals surface area contributed by atoms with Gasteiger partial charge in [-0.3, -0.25) is 24.2 Å². The summed E-state index contributed by atoms with van der Waals surface area (Å²) in [6, 6.07) is 6.37. The quantitative estimate of drug-likeness (QED) is 0.675. The number of anilines is 1. The number of rotatable bonds is 4. The van der Waals surface area contributed by atoms with Crippen LogP contribution >= 0.6 is 23.2 Å². The summed E-state index contributed by atoms with van der Waals surface area (Å²) in [7, 11) is 3.10. The van der Waals surface area contributed by atoms with E-state index in [1.807, 2.05) is 0 Å². The van der Waals surface area contributed by atoms with Crippen LogP contribution in [0.5, 0.6) is 0 Å². The van der Waals surface area contributed by atoms with Gasteiger partial charge in [-0.1, -0.05) is 29.3 Å². The summed E-state index contributed by atoms with van der Waals surface area (Å²) >= 11 is 12.1. The van der Waals surface area contributed by atoms with E-state index in [0.717, 1.165) is 0 Å². The minimum absolute atomic E-state index is 0.176. The first-order valence-electron chi connectivity index (χ1n) is 8.24. The average molecular weight is 422 g/mol. The zero-order valence-electron chi connectivity index (χ0n) is 15.3. The van der Waals surface area contributed by atoms with Gasteiger partial charge in [0.2, 0.25) is 5.91 Å². The summed E-state index contributed by atoms with van der Waals surface area (Å²) < 4.78 is 1.45. The SMILES string of the molecule is Cc1cc(C(=O)N(C)CC(=O)Nc2c(Cl)cccc2Cl)c2c(=O)[nH]n(C)c2n1. The van der Waals surface area contributed by atoms with Crippen LogP contribution in [0.4, 0.5) is 5.69 Å². The largest absolute Gasteiger partial charge is 0.332 e. The third kappa shape index (κ3) is 3.74. The maximum absolute atomic E-state index is 12.9. The fraction of sp³-hybridized carbons (Fsp3) is 0.222. The highest BCUT2D eigenvalue weighted by atomic mass is 35.5.